The van der Waals surface area contributed by atoms with Crippen molar-refractivity contribution in [2.75, 3.05) is 6.54 Å². The summed E-state index contributed by atoms with van der Waals surface area (Å²) in [6, 6.07) is 19.4. The highest BCUT2D eigenvalue weighted by Gasteiger charge is 2.24. The highest BCUT2D eigenvalue weighted by atomic mass is 19.1. The molecule has 156 valence electrons. The Hall–Kier alpha value is -3.21. The van der Waals surface area contributed by atoms with Crippen molar-refractivity contribution >= 4 is 22.6 Å². The first-order valence-electron chi connectivity index (χ1n) is 10.2. The molecule has 0 radical (unpaired) electrons. The summed E-state index contributed by atoms with van der Waals surface area (Å²) in [7, 11) is 0. The normalized spacial score (nSPS) is 12.0. The van der Waals surface area contributed by atoms with Crippen LogP contribution in [0.2, 0.25) is 0 Å². The largest absolute Gasteiger partial charge is 0.354 e. The number of hydrogen-bond donors (Lipinski definition) is 2. The fourth-order valence-electron chi connectivity index (χ4n) is 3.47. The summed E-state index contributed by atoms with van der Waals surface area (Å²) in [6.07, 6.45) is 0.814. The summed E-state index contributed by atoms with van der Waals surface area (Å²) in [5.74, 6) is -0.721. The fourth-order valence-corrected chi connectivity index (χ4v) is 3.47. The molecule has 0 unspecified atom stereocenters. The molecule has 2 N–H and O–H groups in total. The van der Waals surface area contributed by atoms with E-state index >= 15 is 0 Å². The van der Waals surface area contributed by atoms with E-state index in [1.54, 1.807) is 12.1 Å². The molecular formula is C25H27FN2O2. The molecule has 0 aliphatic carbocycles. The lowest BCUT2D eigenvalue weighted by Crippen LogP contribution is -2.50. The monoisotopic (exact) mass is 406 g/mol. The zero-order valence-electron chi connectivity index (χ0n) is 17.3. The molecule has 0 bridgehead atoms. The molecule has 3 aromatic rings. The second-order valence-corrected chi connectivity index (χ2v) is 7.77. The van der Waals surface area contributed by atoms with Gasteiger partial charge in [-0.2, -0.15) is 0 Å². The minimum Gasteiger partial charge on any atom is -0.354 e. The first-order valence-corrected chi connectivity index (χ1v) is 10.2. The Bertz CT molecular complexity index is 1010. The average Bonchev–Trinajstić information content (AvgIpc) is 2.73. The van der Waals surface area contributed by atoms with Crippen molar-refractivity contribution < 1.29 is 14.0 Å². The Morgan fingerprint density at radius 3 is 2.37 bits per heavy atom. The lowest BCUT2D eigenvalue weighted by Gasteiger charge is -2.22. The Labute approximate surface area is 176 Å². The van der Waals surface area contributed by atoms with E-state index in [1.165, 1.54) is 12.1 Å². The summed E-state index contributed by atoms with van der Waals surface area (Å²) in [6.45, 7) is 4.23. The Balaban J connectivity index is 1.58. The topological polar surface area (TPSA) is 58.2 Å². The van der Waals surface area contributed by atoms with Crippen molar-refractivity contribution in [1.29, 1.82) is 0 Å². The third-order valence-corrected chi connectivity index (χ3v) is 5.12. The van der Waals surface area contributed by atoms with Crippen molar-refractivity contribution in [2.45, 2.75) is 32.7 Å². The predicted molar refractivity (Wildman–Crippen MR) is 118 cm³/mol. The summed E-state index contributed by atoms with van der Waals surface area (Å²) < 4.78 is 13.0. The lowest BCUT2D eigenvalue weighted by molar-refractivity contribution is -0.129. The maximum Gasteiger partial charge on any atom is 0.242 e. The van der Waals surface area contributed by atoms with Gasteiger partial charge in [-0.25, -0.2) is 4.39 Å². The van der Waals surface area contributed by atoms with Crippen LogP contribution in [0, 0.1) is 11.7 Å². The molecule has 0 saturated heterocycles. The highest BCUT2D eigenvalue weighted by molar-refractivity contribution is 5.92. The van der Waals surface area contributed by atoms with Gasteiger partial charge in [0.15, 0.2) is 0 Å². The molecule has 0 aliphatic heterocycles. The number of benzene rings is 3. The number of halogens is 1. The summed E-state index contributed by atoms with van der Waals surface area (Å²) in [4.78, 5) is 25.3. The number of nitrogens with one attached hydrogen (secondary N) is 2. The summed E-state index contributed by atoms with van der Waals surface area (Å²) in [5, 5.41) is 7.89. The van der Waals surface area contributed by atoms with Crippen molar-refractivity contribution in [3.63, 3.8) is 0 Å². The molecule has 4 nitrogen and oxygen atoms in total. The van der Waals surface area contributed by atoms with Crippen molar-refractivity contribution in [3.05, 3.63) is 83.7 Å². The van der Waals surface area contributed by atoms with Crippen LogP contribution in [-0.4, -0.2) is 24.4 Å². The summed E-state index contributed by atoms with van der Waals surface area (Å²) >= 11 is 0. The van der Waals surface area contributed by atoms with E-state index in [1.807, 2.05) is 56.3 Å². The van der Waals surface area contributed by atoms with E-state index in [2.05, 4.69) is 10.6 Å². The third-order valence-electron chi connectivity index (χ3n) is 5.12. The lowest BCUT2D eigenvalue weighted by atomic mass is 10.00. The molecular weight excluding hydrogens is 379 g/mol. The molecule has 0 fully saturated rings. The van der Waals surface area contributed by atoms with Gasteiger partial charge in [0, 0.05) is 6.54 Å². The van der Waals surface area contributed by atoms with Gasteiger partial charge in [-0.3, -0.25) is 9.59 Å². The molecule has 2 amide bonds. The van der Waals surface area contributed by atoms with Crippen LogP contribution in [0.3, 0.4) is 0 Å². The van der Waals surface area contributed by atoms with Crippen LogP contribution in [-0.2, 0) is 22.4 Å². The van der Waals surface area contributed by atoms with Crippen molar-refractivity contribution in [2.24, 2.45) is 5.92 Å². The van der Waals surface area contributed by atoms with Gasteiger partial charge in [-0.05, 0) is 46.4 Å². The third kappa shape index (κ3) is 5.66. The number of carbonyl (C=O) groups is 2. The van der Waals surface area contributed by atoms with Gasteiger partial charge in [0.2, 0.25) is 11.8 Å². The molecule has 0 spiro atoms. The zero-order chi connectivity index (χ0) is 21.5. The number of hydrogen-bond acceptors (Lipinski definition) is 2. The van der Waals surface area contributed by atoms with Crippen LogP contribution in [0.15, 0.2) is 66.7 Å². The van der Waals surface area contributed by atoms with Crippen LogP contribution < -0.4 is 10.6 Å². The molecule has 5 heteroatoms. The Morgan fingerprint density at radius 2 is 1.63 bits per heavy atom. The molecule has 30 heavy (non-hydrogen) atoms. The van der Waals surface area contributed by atoms with E-state index in [9.17, 15) is 14.0 Å². The van der Waals surface area contributed by atoms with Crippen LogP contribution >= 0.6 is 0 Å². The molecule has 0 aliphatic rings. The SMILES string of the molecule is CC(C)[C@H](NC(=O)Cc1cccc2ccccc12)C(=O)NCCc1ccc(F)cc1. The molecule has 0 heterocycles. The van der Waals surface area contributed by atoms with E-state index in [0.29, 0.717) is 13.0 Å². The van der Waals surface area contributed by atoms with E-state index in [0.717, 1.165) is 21.9 Å². The summed E-state index contributed by atoms with van der Waals surface area (Å²) in [5.41, 5.74) is 1.88. The standard InChI is InChI=1S/C25H27FN2O2/c1-17(2)24(25(30)27-15-14-18-10-12-21(26)13-11-18)28-23(29)16-20-8-5-7-19-6-3-4-9-22(19)20/h3-13,17,24H,14-16H2,1-2H3,(H,27,30)(H,28,29)/t24-/m0/s1. The van der Waals surface area contributed by atoms with Crippen molar-refractivity contribution in [3.8, 4) is 0 Å². The van der Waals surface area contributed by atoms with Gasteiger partial charge in [0.25, 0.3) is 0 Å². The van der Waals surface area contributed by atoms with Gasteiger partial charge in [0.05, 0.1) is 6.42 Å². The molecule has 3 rings (SSSR count). The Morgan fingerprint density at radius 1 is 0.933 bits per heavy atom. The van der Waals surface area contributed by atoms with Crippen molar-refractivity contribution in [1.82, 2.24) is 10.6 Å². The first kappa shape index (κ1) is 21.5. The smallest absolute Gasteiger partial charge is 0.242 e. The average molecular weight is 407 g/mol. The molecule has 0 saturated carbocycles. The molecule has 1 atom stereocenters. The van der Waals surface area contributed by atoms with Crippen LogP contribution in [0.25, 0.3) is 10.8 Å². The second kappa shape index (κ2) is 10.0. The number of carbonyl (C=O) groups excluding carboxylic acids is 2. The number of rotatable bonds is 8. The number of fused-ring (bicyclic) bond motifs is 1. The predicted octanol–water partition coefficient (Wildman–Crippen LogP) is 4.02. The van der Waals surface area contributed by atoms with E-state index in [-0.39, 0.29) is 30.0 Å². The first-order chi connectivity index (χ1) is 14.4. The fraction of sp³-hybridized carbons (Fsp3) is 0.280. The number of amides is 2. The maximum atomic E-state index is 13.0. The minimum atomic E-state index is -0.610. The van der Waals surface area contributed by atoms with Gasteiger partial charge in [-0.1, -0.05) is 68.4 Å². The van der Waals surface area contributed by atoms with Gasteiger partial charge < -0.3 is 10.6 Å². The maximum absolute atomic E-state index is 13.0. The Kier molecular flexibility index (Phi) is 7.17. The molecule has 0 aromatic heterocycles. The van der Waals surface area contributed by atoms with Crippen LogP contribution in [0.5, 0.6) is 0 Å². The van der Waals surface area contributed by atoms with Gasteiger partial charge >= 0.3 is 0 Å². The minimum absolute atomic E-state index is 0.0488. The van der Waals surface area contributed by atoms with E-state index in [4.69, 9.17) is 0 Å². The van der Waals surface area contributed by atoms with Gasteiger partial charge in [0.1, 0.15) is 11.9 Å². The van der Waals surface area contributed by atoms with Crippen LogP contribution in [0.4, 0.5) is 4.39 Å². The van der Waals surface area contributed by atoms with E-state index < -0.39 is 6.04 Å². The quantitative estimate of drug-likeness (QED) is 0.594. The highest BCUT2D eigenvalue weighted by Crippen LogP contribution is 2.19. The molecule has 3 aromatic carbocycles. The van der Waals surface area contributed by atoms with Crippen LogP contribution in [0.1, 0.15) is 25.0 Å². The van der Waals surface area contributed by atoms with Gasteiger partial charge in [-0.15, -0.1) is 0 Å². The zero-order valence-corrected chi connectivity index (χ0v) is 17.3. The second-order valence-electron chi connectivity index (χ2n) is 7.77.